The number of benzene rings is 3. The number of amides is 1. The Morgan fingerprint density at radius 3 is 2.25 bits per heavy atom. The van der Waals surface area contributed by atoms with Gasteiger partial charge in [-0.1, -0.05) is 53.6 Å². The second-order valence-corrected chi connectivity index (χ2v) is 9.39. The number of anilines is 2. The molecule has 1 aliphatic heterocycles. The molecule has 2 N–H and O–H groups in total. The Hall–Kier alpha value is -4.16. The molecular formula is C28H30N6O2. The van der Waals surface area contributed by atoms with Gasteiger partial charge in [0, 0.05) is 48.4 Å². The van der Waals surface area contributed by atoms with Crippen LogP contribution in [0.5, 0.6) is 0 Å². The van der Waals surface area contributed by atoms with Crippen molar-refractivity contribution in [3.05, 3.63) is 92.9 Å². The lowest BCUT2D eigenvalue weighted by molar-refractivity contribution is 0.0977. The number of piperazine rings is 1. The molecule has 8 nitrogen and oxygen atoms in total. The number of carbonyl (C=O) groups excluding carboxylic acids is 1. The highest BCUT2D eigenvalue weighted by atomic mass is 16.6. The largest absolute Gasteiger partial charge is 0.448 e. The number of nitrogens with zero attached hydrogens (tertiary/aromatic N) is 5. The SMILES string of the molecule is Cc1c(CN=[N+]=[N-])cc(N2CCN(C(=O)OCC3c4ccccc4-c4ccccc43)CC2)c(C)c1N. The maximum absolute atomic E-state index is 13.0. The highest BCUT2D eigenvalue weighted by Gasteiger charge is 2.30. The first kappa shape index (κ1) is 23.6. The molecule has 5 rings (SSSR count). The van der Waals surface area contributed by atoms with Gasteiger partial charge in [0.15, 0.2) is 0 Å². The Labute approximate surface area is 210 Å². The van der Waals surface area contributed by atoms with Gasteiger partial charge in [-0.2, -0.15) is 0 Å². The van der Waals surface area contributed by atoms with E-state index in [1.165, 1.54) is 22.3 Å². The first-order chi connectivity index (χ1) is 17.5. The quantitative estimate of drug-likeness (QED) is 0.216. The molecule has 36 heavy (non-hydrogen) atoms. The number of rotatable bonds is 5. The van der Waals surface area contributed by atoms with Crippen molar-refractivity contribution < 1.29 is 9.53 Å². The number of nitrogen functional groups attached to an aromatic ring is 1. The molecule has 0 atom stereocenters. The molecule has 3 aromatic rings. The number of hydrogen-bond acceptors (Lipinski definition) is 5. The van der Waals surface area contributed by atoms with Crippen LogP contribution in [-0.2, 0) is 11.3 Å². The zero-order valence-corrected chi connectivity index (χ0v) is 20.6. The minimum absolute atomic E-state index is 0.0512. The van der Waals surface area contributed by atoms with Crippen LogP contribution in [0.15, 0.2) is 59.7 Å². The molecule has 0 saturated carbocycles. The van der Waals surface area contributed by atoms with Gasteiger partial charge in [0.05, 0.1) is 6.54 Å². The second kappa shape index (κ2) is 9.84. The number of fused-ring (bicyclic) bond motifs is 3. The fraction of sp³-hybridized carbons (Fsp3) is 0.321. The normalized spacial score (nSPS) is 14.7. The zero-order chi connectivity index (χ0) is 25.2. The van der Waals surface area contributed by atoms with Gasteiger partial charge in [-0.3, -0.25) is 0 Å². The molecule has 0 bridgehead atoms. The lowest BCUT2D eigenvalue weighted by Gasteiger charge is -2.37. The van der Waals surface area contributed by atoms with E-state index in [4.69, 9.17) is 16.0 Å². The lowest BCUT2D eigenvalue weighted by atomic mass is 9.98. The van der Waals surface area contributed by atoms with Crippen LogP contribution in [0.2, 0.25) is 0 Å². The van der Waals surface area contributed by atoms with Crippen molar-refractivity contribution in [2.24, 2.45) is 5.11 Å². The van der Waals surface area contributed by atoms with Crippen molar-refractivity contribution in [2.45, 2.75) is 26.3 Å². The van der Waals surface area contributed by atoms with Crippen LogP contribution in [0.1, 0.15) is 33.7 Å². The van der Waals surface area contributed by atoms with Gasteiger partial charge in [0.25, 0.3) is 0 Å². The number of carbonyl (C=O) groups is 1. The smallest absolute Gasteiger partial charge is 0.409 e. The third kappa shape index (κ3) is 4.20. The maximum atomic E-state index is 13.0. The Bertz CT molecular complexity index is 1310. The molecule has 1 amide bonds. The molecule has 8 heteroatoms. The zero-order valence-electron chi connectivity index (χ0n) is 20.6. The predicted molar refractivity (Wildman–Crippen MR) is 142 cm³/mol. The minimum atomic E-state index is -0.277. The van der Waals surface area contributed by atoms with Crippen molar-refractivity contribution in [3.63, 3.8) is 0 Å². The molecule has 0 unspecified atom stereocenters. The van der Waals surface area contributed by atoms with Crippen LogP contribution in [-0.4, -0.2) is 43.8 Å². The molecule has 0 aromatic heterocycles. The summed E-state index contributed by atoms with van der Waals surface area (Å²) in [7, 11) is 0. The lowest BCUT2D eigenvalue weighted by Crippen LogP contribution is -2.49. The van der Waals surface area contributed by atoms with E-state index in [-0.39, 0.29) is 18.6 Å². The topological polar surface area (TPSA) is 108 Å². The van der Waals surface area contributed by atoms with Crippen LogP contribution in [0.25, 0.3) is 21.6 Å². The standard InChI is InChI=1S/C28H30N6O2/c1-18-20(16-31-32-30)15-26(19(2)27(18)29)33-11-13-34(14-12-33)28(35)36-17-25-23-9-5-3-7-21(23)22-8-4-6-10-24(22)25/h3-10,15,25H,11-14,16-17,29H2,1-2H3. The van der Waals surface area contributed by atoms with Crippen molar-refractivity contribution >= 4 is 17.5 Å². The first-order valence-electron chi connectivity index (χ1n) is 12.2. The van der Waals surface area contributed by atoms with Gasteiger partial charge in [-0.15, -0.1) is 0 Å². The van der Waals surface area contributed by atoms with E-state index in [9.17, 15) is 4.79 Å². The van der Waals surface area contributed by atoms with Gasteiger partial charge >= 0.3 is 6.09 Å². The van der Waals surface area contributed by atoms with Crippen molar-refractivity contribution in [3.8, 4) is 11.1 Å². The van der Waals surface area contributed by atoms with Gasteiger partial charge < -0.3 is 20.3 Å². The molecule has 1 heterocycles. The van der Waals surface area contributed by atoms with E-state index in [2.05, 4.69) is 45.3 Å². The number of nitrogens with two attached hydrogens (primary N) is 1. The van der Waals surface area contributed by atoms with E-state index in [1.807, 2.05) is 38.1 Å². The minimum Gasteiger partial charge on any atom is -0.448 e. The number of ether oxygens (including phenoxy) is 1. The number of hydrogen-bond donors (Lipinski definition) is 1. The van der Waals surface area contributed by atoms with Crippen molar-refractivity contribution in [2.75, 3.05) is 43.4 Å². The average molecular weight is 483 g/mol. The van der Waals surface area contributed by atoms with Crippen LogP contribution in [0.4, 0.5) is 16.2 Å². The fourth-order valence-corrected chi connectivity index (χ4v) is 5.39. The summed E-state index contributed by atoms with van der Waals surface area (Å²) in [6.07, 6.45) is -0.277. The van der Waals surface area contributed by atoms with Crippen molar-refractivity contribution in [1.29, 1.82) is 0 Å². The Kier molecular flexibility index (Phi) is 6.44. The maximum Gasteiger partial charge on any atom is 0.409 e. The summed E-state index contributed by atoms with van der Waals surface area (Å²) in [5.74, 6) is 0.0512. The van der Waals surface area contributed by atoms with Gasteiger partial charge in [-0.25, -0.2) is 4.79 Å². The third-order valence-electron chi connectivity index (χ3n) is 7.50. The van der Waals surface area contributed by atoms with E-state index >= 15 is 0 Å². The fourth-order valence-electron chi connectivity index (χ4n) is 5.39. The van der Waals surface area contributed by atoms with Crippen LogP contribution in [0, 0.1) is 13.8 Å². The summed E-state index contributed by atoms with van der Waals surface area (Å²) in [4.78, 5) is 19.9. The molecule has 3 aromatic carbocycles. The molecule has 1 saturated heterocycles. The summed E-state index contributed by atoms with van der Waals surface area (Å²) < 4.78 is 5.84. The van der Waals surface area contributed by atoms with E-state index in [1.54, 1.807) is 4.90 Å². The van der Waals surface area contributed by atoms with Crippen LogP contribution in [0.3, 0.4) is 0 Å². The summed E-state index contributed by atoms with van der Waals surface area (Å²) >= 11 is 0. The predicted octanol–water partition coefficient (Wildman–Crippen LogP) is 5.77. The summed E-state index contributed by atoms with van der Waals surface area (Å²) in [5, 5.41) is 3.71. The third-order valence-corrected chi connectivity index (χ3v) is 7.50. The highest BCUT2D eigenvalue weighted by molar-refractivity contribution is 5.79. The Morgan fingerprint density at radius 2 is 1.64 bits per heavy atom. The molecule has 1 aliphatic carbocycles. The van der Waals surface area contributed by atoms with Gasteiger partial charge in [0.1, 0.15) is 6.61 Å². The van der Waals surface area contributed by atoms with Gasteiger partial charge in [-0.05, 0) is 64.4 Å². The van der Waals surface area contributed by atoms with E-state index in [0.717, 1.165) is 28.1 Å². The molecular weight excluding hydrogens is 452 g/mol. The monoisotopic (exact) mass is 482 g/mol. The van der Waals surface area contributed by atoms with Crippen molar-refractivity contribution in [1.82, 2.24) is 4.90 Å². The summed E-state index contributed by atoms with van der Waals surface area (Å²) in [6, 6.07) is 18.7. The molecule has 2 aliphatic rings. The van der Waals surface area contributed by atoms with Crippen LogP contribution < -0.4 is 10.6 Å². The molecule has 1 fully saturated rings. The van der Waals surface area contributed by atoms with Crippen LogP contribution >= 0.6 is 0 Å². The molecule has 0 spiro atoms. The average Bonchev–Trinajstić information content (AvgIpc) is 3.24. The molecule has 0 radical (unpaired) electrons. The highest BCUT2D eigenvalue weighted by Crippen LogP contribution is 2.44. The first-order valence-corrected chi connectivity index (χ1v) is 12.2. The molecule has 184 valence electrons. The van der Waals surface area contributed by atoms with E-state index in [0.29, 0.717) is 32.8 Å². The summed E-state index contributed by atoms with van der Waals surface area (Å²) in [5.41, 5.74) is 24.5. The second-order valence-electron chi connectivity index (χ2n) is 9.39. The summed E-state index contributed by atoms with van der Waals surface area (Å²) in [6.45, 7) is 7.02. The van der Waals surface area contributed by atoms with E-state index < -0.39 is 0 Å². The Balaban J connectivity index is 1.24. The number of azide groups is 1. The Morgan fingerprint density at radius 1 is 1.03 bits per heavy atom. The van der Waals surface area contributed by atoms with Gasteiger partial charge in [0.2, 0.25) is 0 Å².